The number of ether oxygens (including phenoxy) is 1. The van der Waals surface area contributed by atoms with Gasteiger partial charge in [-0.15, -0.1) is 5.10 Å². The number of imidazole rings is 1. The smallest absolute Gasteiger partial charge is 0.410 e. The van der Waals surface area contributed by atoms with Gasteiger partial charge in [-0.25, -0.2) is 14.2 Å². The number of benzene rings is 1. The number of fused-ring (bicyclic) bond motifs is 1. The Labute approximate surface area is 159 Å². The second kappa shape index (κ2) is 7.03. The van der Waals surface area contributed by atoms with Crippen molar-refractivity contribution >= 4 is 28.9 Å². The zero-order valence-electron chi connectivity index (χ0n) is 14.9. The lowest BCUT2D eigenvalue weighted by Gasteiger charge is -2.12. The quantitative estimate of drug-likeness (QED) is 0.622. The minimum absolute atomic E-state index is 0.0734. The predicted octanol–water partition coefficient (Wildman–Crippen LogP) is 2.78. The fourth-order valence-corrected chi connectivity index (χ4v) is 2.62. The molecule has 1 aromatic carbocycles. The van der Waals surface area contributed by atoms with Crippen molar-refractivity contribution in [1.29, 1.82) is 5.26 Å². The van der Waals surface area contributed by atoms with Crippen molar-refractivity contribution in [2.45, 2.75) is 18.9 Å². The third kappa shape index (κ3) is 3.50. The molecule has 1 fully saturated rings. The van der Waals surface area contributed by atoms with E-state index in [0.717, 1.165) is 12.8 Å². The Hall–Kier alpha value is -3.87. The molecule has 2 heterocycles. The third-order valence-electron chi connectivity index (χ3n) is 4.13. The van der Waals surface area contributed by atoms with Gasteiger partial charge in [0.05, 0.1) is 17.6 Å². The summed E-state index contributed by atoms with van der Waals surface area (Å²) in [6, 6.07) is 7.96. The molecule has 28 heavy (non-hydrogen) atoms. The highest BCUT2D eigenvalue weighted by Gasteiger charge is 2.23. The van der Waals surface area contributed by atoms with E-state index in [4.69, 9.17) is 4.74 Å². The van der Waals surface area contributed by atoms with Gasteiger partial charge >= 0.3 is 6.09 Å². The van der Waals surface area contributed by atoms with Crippen LogP contribution in [-0.2, 0) is 0 Å². The number of amides is 1. The molecular formula is C18H16FN7O2. The molecule has 2 aromatic heterocycles. The Morgan fingerprint density at radius 1 is 1.36 bits per heavy atom. The van der Waals surface area contributed by atoms with Crippen molar-refractivity contribution in [3.8, 4) is 11.8 Å². The minimum atomic E-state index is -0.662. The van der Waals surface area contributed by atoms with Gasteiger partial charge in [0.25, 0.3) is 0 Å². The van der Waals surface area contributed by atoms with Crippen molar-refractivity contribution in [3.63, 3.8) is 0 Å². The number of halogens is 1. The minimum Gasteiger partial charge on any atom is -0.410 e. The van der Waals surface area contributed by atoms with Gasteiger partial charge in [0.15, 0.2) is 17.2 Å². The summed E-state index contributed by atoms with van der Waals surface area (Å²) in [4.78, 5) is 15.6. The van der Waals surface area contributed by atoms with E-state index in [1.807, 2.05) is 6.07 Å². The molecule has 0 spiro atoms. The Balaban J connectivity index is 1.70. The Morgan fingerprint density at radius 2 is 2.18 bits per heavy atom. The Morgan fingerprint density at radius 3 is 2.89 bits per heavy atom. The highest BCUT2D eigenvalue weighted by Crippen LogP contribution is 2.30. The molecule has 10 heteroatoms. The summed E-state index contributed by atoms with van der Waals surface area (Å²) in [5.74, 6) is -0.0730. The first-order valence-corrected chi connectivity index (χ1v) is 8.59. The third-order valence-corrected chi connectivity index (χ3v) is 4.13. The molecule has 0 atom stereocenters. The maximum Gasteiger partial charge on any atom is 0.412 e. The van der Waals surface area contributed by atoms with Crippen LogP contribution in [0.25, 0.3) is 5.65 Å². The number of rotatable bonds is 5. The van der Waals surface area contributed by atoms with Crippen molar-refractivity contribution in [2.75, 3.05) is 17.7 Å². The number of aromatic nitrogens is 3. The molecule has 142 valence electrons. The van der Waals surface area contributed by atoms with Crippen LogP contribution in [0.3, 0.4) is 0 Å². The molecule has 0 unspecified atom stereocenters. The summed E-state index contributed by atoms with van der Waals surface area (Å²) in [6.07, 6.45) is 2.88. The molecule has 1 aliphatic rings. The van der Waals surface area contributed by atoms with Crippen LogP contribution in [0.1, 0.15) is 18.5 Å². The number of nitriles is 1. The molecule has 0 bridgehead atoms. The maximum atomic E-state index is 14.3. The number of nitrogens with one attached hydrogen (secondary N) is 3. The van der Waals surface area contributed by atoms with Gasteiger partial charge in [-0.2, -0.15) is 9.78 Å². The van der Waals surface area contributed by atoms with Crippen LogP contribution in [0.2, 0.25) is 0 Å². The van der Waals surface area contributed by atoms with E-state index in [9.17, 15) is 14.4 Å². The van der Waals surface area contributed by atoms with E-state index in [2.05, 4.69) is 26.0 Å². The average molecular weight is 381 g/mol. The standard InChI is InChI=1S/C18H16FN7O2/c1-21-18(27)28-12-4-5-13(19)14(6-12)24-16-7-15(23-10-2-3-10)17-22-9-11(8-20)26(17)25-16/h4-7,9-10,23H,2-3H2,1H3,(H,21,27)(H,24,25). The Bertz CT molecular complexity index is 1100. The molecule has 9 nitrogen and oxygen atoms in total. The second-order valence-electron chi connectivity index (χ2n) is 6.26. The molecule has 1 saturated carbocycles. The summed E-state index contributed by atoms with van der Waals surface area (Å²) in [7, 11) is 1.43. The number of carbonyl (C=O) groups is 1. The highest BCUT2D eigenvalue weighted by molar-refractivity contribution is 5.74. The maximum absolute atomic E-state index is 14.3. The second-order valence-corrected chi connectivity index (χ2v) is 6.26. The van der Waals surface area contributed by atoms with Gasteiger partial charge in [0.1, 0.15) is 17.6 Å². The van der Waals surface area contributed by atoms with Crippen LogP contribution in [0, 0.1) is 17.1 Å². The molecule has 0 radical (unpaired) electrons. The number of hydrogen-bond donors (Lipinski definition) is 3. The summed E-state index contributed by atoms with van der Waals surface area (Å²) >= 11 is 0. The van der Waals surface area contributed by atoms with E-state index in [1.165, 1.54) is 36.0 Å². The van der Waals surface area contributed by atoms with Crippen molar-refractivity contribution < 1.29 is 13.9 Å². The summed E-state index contributed by atoms with van der Waals surface area (Å²) in [5, 5.41) is 22.1. The van der Waals surface area contributed by atoms with E-state index >= 15 is 0 Å². The molecule has 0 saturated heterocycles. The lowest BCUT2D eigenvalue weighted by Crippen LogP contribution is -2.22. The van der Waals surface area contributed by atoms with Crippen molar-refractivity contribution in [1.82, 2.24) is 19.9 Å². The van der Waals surface area contributed by atoms with Crippen LogP contribution in [0.4, 0.5) is 26.4 Å². The van der Waals surface area contributed by atoms with Crippen molar-refractivity contribution in [3.05, 3.63) is 42.0 Å². The molecule has 0 aliphatic heterocycles. The summed E-state index contributed by atoms with van der Waals surface area (Å²) in [5.41, 5.74) is 1.55. The van der Waals surface area contributed by atoms with Gasteiger partial charge in [0.2, 0.25) is 0 Å². The van der Waals surface area contributed by atoms with Crippen LogP contribution in [0.15, 0.2) is 30.5 Å². The highest BCUT2D eigenvalue weighted by atomic mass is 19.1. The van der Waals surface area contributed by atoms with E-state index < -0.39 is 11.9 Å². The van der Waals surface area contributed by atoms with Crippen molar-refractivity contribution in [2.24, 2.45) is 0 Å². The van der Waals surface area contributed by atoms with E-state index in [0.29, 0.717) is 23.2 Å². The number of carbonyl (C=O) groups excluding carboxylic acids is 1. The predicted molar refractivity (Wildman–Crippen MR) is 99.1 cm³/mol. The number of nitrogens with zero attached hydrogens (tertiary/aromatic N) is 4. The lowest BCUT2D eigenvalue weighted by molar-refractivity contribution is 0.203. The van der Waals surface area contributed by atoms with Crippen LogP contribution in [-0.4, -0.2) is 33.8 Å². The number of hydrogen-bond acceptors (Lipinski definition) is 7. The van der Waals surface area contributed by atoms with Gasteiger partial charge in [-0.3, -0.25) is 0 Å². The zero-order valence-corrected chi connectivity index (χ0v) is 14.9. The van der Waals surface area contributed by atoms with E-state index in [-0.39, 0.29) is 17.1 Å². The molecule has 1 amide bonds. The normalized spacial score (nSPS) is 13.0. The van der Waals surface area contributed by atoms with E-state index in [1.54, 1.807) is 6.07 Å². The molecular weight excluding hydrogens is 365 g/mol. The molecule has 4 rings (SSSR count). The molecule has 1 aliphatic carbocycles. The Kier molecular flexibility index (Phi) is 4.41. The summed E-state index contributed by atoms with van der Waals surface area (Å²) in [6.45, 7) is 0. The lowest BCUT2D eigenvalue weighted by atomic mass is 10.2. The monoisotopic (exact) mass is 381 g/mol. The fourth-order valence-electron chi connectivity index (χ4n) is 2.62. The van der Waals surface area contributed by atoms with Crippen LogP contribution in [0.5, 0.6) is 5.75 Å². The fraction of sp³-hybridized carbons (Fsp3) is 0.222. The summed E-state index contributed by atoms with van der Waals surface area (Å²) < 4.78 is 20.7. The SMILES string of the molecule is CNC(=O)Oc1ccc(F)c(Nc2cc(NC3CC3)c3ncc(C#N)n3n2)c1. The van der Waals surface area contributed by atoms with Gasteiger partial charge < -0.3 is 20.7 Å². The van der Waals surface area contributed by atoms with Crippen LogP contribution >= 0.6 is 0 Å². The average Bonchev–Trinajstić information content (AvgIpc) is 3.40. The van der Waals surface area contributed by atoms with Gasteiger partial charge in [-0.1, -0.05) is 0 Å². The largest absolute Gasteiger partial charge is 0.412 e. The van der Waals surface area contributed by atoms with Crippen LogP contribution < -0.4 is 20.7 Å². The topological polar surface area (TPSA) is 116 Å². The first-order chi connectivity index (χ1) is 13.6. The number of anilines is 3. The first kappa shape index (κ1) is 17.5. The molecule has 3 aromatic rings. The first-order valence-electron chi connectivity index (χ1n) is 8.59. The van der Waals surface area contributed by atoms with Gasteiger partial charge in [-0.05, 0) is 25.0 Å². The zero-order chi connectivity index (χ0) is 19.7. The van der Waals surface area contributed by atoms with Gasteiger partial charge in [0, 0.05) is 25.2 Å². The molecule has 3 N–H and O–H groups in total.